The third kappa shape index (κ3) is 4.69. The van der Waals surface area contributed by atoms with Crippen LogP contribution in [0.25, 0.3) is 0 Å². The summed E-state index contributed by atoms with van der Waals surface area (Å²) in [6.07, 6.45) is 6.32. The van der Waals surface area contributed by atoms with Crippen molar-refractivity contribution in [3.8, 4) is 0 Å². The maximum absolute atomic E-state index is 6.10. The van der Waals surface area contributed by atoms with Gasteiger partial charge in [-0.1, -0.05) is 24.9 Å². The van der Waals surface area contributed by atoms with Crippen LogP contribution in [-0.4, -0.2) is 36.1 Å². The van der Waals surface area contributed by atoms with Gasteiger partial charge >= 0.3 is 0 Å². The van der Waals surface area contributed by atoms with Crippen molar-refractivity contribution in [3.05, 3.63) is 21.3 Å². The SMILES string of the molecule is CCCNC(Cc1ccc(Cl)s1)C(C)(C)N1CCCCC1. The van der Waals surface area contributed by atoms with E-state index in [2.05, 4.69) is 37.1 Å². The highest BCUT2D eigenvalue weighted by molar-refractivity contribution is 7.16. The van der Waals surface area contributed by atoms with Crippen LogP contribution in [0.2, 0.25) is 4.34 Å². The van der Waals surface area contributed by atoms with Gasteiger partial charge in [-0.15, -0.1) is 11.3 Å². The fraction of sp³-hybridized carbons (Fsp3) is 0.765. The predicted molar refractivity (Wildman–Crippen MR) is 94.6 cm³/mol. The molecule has 2 nitrogen and oxygen atoms in total. The Bertz CT molecular complexity index is 424. The van der Waals surface area contributed by atoms with Crippen LogP contribution in [0.5, 0.6) is 0 Å². The number of hydrogen-bond acceptors (Lipinski definition) is 3. The first-order valence-corrected chi connectivity index (χ1v) is 9.46. The molecule has 2 heterocycles. The molecule has 120 valence electrons. The first-order chi connectivity index (χ1) is 10.0. The second-order valence-corrected chi connectivity index (χ2v) is 8.42. The van der Waals surface area contributed by atoms with E-state index >= 15 is 0 Å². The summed E-state index contributed by atoms with van der Waals surface area (Å²) < 4.78 is 0.898. The van der Waals surface area contributed by atoms with Gasteiger partial charge in [-0.25, -0.2) is 0 Å². The Morgan fingerprint density at radius 1 is 1.29 bits per heavy atom. The highest BCUT2D eigenvalue weighted by atomic mass is 35.5. The Hall–Kier alpha value is -0.0900. The molecular weight excluding hydrogens is 300 g/mol. The van der Waals surface area contributed by atoms with Crippen molar-refractivity contribution < 1.29 is 0 Å². The number of likely N-dealkylation sites (tertiary alicyclic amines) is 1. The molecule has 2 rings (SSSR count). The number of halogens is 1. The lowest BCUT2D eigenvalue weighted by molar-refractivity contribution is 0.0613. The van der Waals surface area contributed by atoms with Crippen molar-refractivity contribution in [1.82, 2.24) is 10.2 Å². The summed E-state index contributed by atoms with van der Waals surface area (Å²) in [5, 5.41) is 3.79. The summed E-state index contributed by atoms with van der Waals surface area (Å²) in [7, 11) is 0. The highest BCUT2D eigenvalue weighted by Gasteiger charge is 2.35. The summed E-state index contributed by atoms with van der Waals surface area (Å²) in [5.41, 5.74) is 0.187. The maximum atomic E-state index is 6.10. The Kier molecular flexibility index (Phi) is 6.54. The molecule has 1 aromatic rings. The first kappa shape index (κ1) is 17.3. The van der Waals surface area contributed by atoms with E-state index in [0.29, 0.717) is 6.04 Å². The van der Waals surface area contributed by atoms with E-state index in [1.54, 1.807) is 11.3 Å². The number of nitrogens with zero attached hydrogens (tertiary/aromatic N) is 1. The minimum Gasteiger partial charge on any atom is -0.312 e. The highest BCUT2D eigenvalue weighted by Crippen LogP contribution is 2.29. The molecule has 1 aliphatic rings. The molecule has 0 amide bonds. The third-order valence-electron chi connectivity index (χ3n) is 4.70. The van der Waals surface area contributed by atoms with Crippen molar-refractivity contribution in [2.24, 2.45) is 0 Å². The van der Waals surface area contributed by atoms with Gasteiger partial charge in [-0.2, -0.15) is 0 Å². The standard InChI is InChI=1S/C17H29ClN2S/c1-4-10-19-15(13-14-8-9-16(18)21-14)17(2,3)20-11-6-5-7-12-20/h8-9,15,19H,4-7,10-13H2,1-3H3. The minimum atomic E-state index is 0.187. The maximum Gasteiger partial charge on any atom is 0.0931 e. The summed E-state index contributed by atoms with van der Waals surface area (Å²) >= 11 is 7.82. The van der Waals surface area contributed by atoms with Gasteiger partial charge < -0.3 is 5.32 Å². The van der Waals surface area contributed by atoms with Crippen LogP contribution in [-0.2, 0) is 6.42 Å². The van der Waals surface area contributed by atoms with E-state index in [4.69, 9.17) is 11.6 Å². The van der Waals surface area contributed by atoms with Crippen molar-refractivity contribution in [2.45, 2.75) is 64.5 Å². The van der Waals surface area contributed by atoms with E-state index in [1.807, 2.05) is 6.07 Å². The van der Waals surface area contributed by atoms with Gasteiger partial charge in [0.25, 0.3) is 0 Å². The second kappa shape index (κ2) is 7.96. The van der Waals surface area contributed by atoms with Gasteiger partial charge in [-0.05, 0) is 71.3 Å². The zero-order valence-corrected chi connectivity index (χ0v) is 15.2. The first-order valence-electron chi connectivity index (χ1n) is 8.26. The number of thiophene rings is 1. The van der Waals surface area contributed by atoms with Crippen molar-refractivity contribution in [1.29, 1.82) is 0 Å². The average Bonchev–Trinajstić information content (AvgIpc) is 2.89. The third-order valence-corrected chi connectivity index (χ3v) is 5.95. The van der Waals surface area contributed by atoms with Crippen LogP contribution in [0.15, 0.2) is 12.1 Å². The molecule has 1 aromatic heterocycles. The van der Waals surface area contributed by atoms with Gasteiger partial charge in [-0.3, -0.25) is 4.90 Å². The van der Waals surface area contributed by atoms with Crippen LogP contribution in [0.3, 0.4) is 0 Å². The molecule has 0 radical (unpaired) electrons. The Labute approximate surface area is 138 Å². The fourth-order valence-electron chi connectivity index (χ4n) is 3.24. The molecule has 21 heavy (non-hydrogen) atoms. The molecule has 1 N–H and O–H groups in total. The Balaban J connectivity index is 2.08. The molecule has 1 aliphatic heterocycles. The largest absolute Gasteiger partial charge is 0.312 e. The van der Waals surface area contributed by atoms with Crippen LogP contribution < -0.4 is 5.32 Å². The van der Waals surface area contributed by atoms with Gasteiger partial charge in [0, 0.05) is 16.5 Å². The molecule has 1 unspecified atom stereocenters. The molecular formula is C17H29ClN2S. The molecule has 0 aliphatic carbocycles. The fourth-order valence-corrected chi connectivity index (χ4v) is 4.38. The van der Waals surface area contributed by atoms with E-state index in [0.717, 1.165) is 17.3 Å². The average molecular weight is 329 g/mol. The summed E-state index contributed by atoms with van der Waals surface area (Å²) in [6, 6.07) is 4.68. The lowest BCUT2D eigenvalue weighted by Crippen LogP contribution is -2.59. The van der Waals surface area contributed by atoms with E-state index < -0.39 is 0 Å². The van der Waals surface area contributed by atoms with E-state index in [1.165, 1.54) is 43.6 Å². The van der Waals surface area contributed by atoms with Gasteiger partial charge in [0.05, 0.1) is 4.34 Å². The number of hydrogen-bond donors (Lipinski definition) is 1. The molecule has 1 atom stereocenters. The second-order valence-electron chi connectivity index (χ2n) is 6.62. The quantitative estimate of drug-likeness (QED) is 0.788. The molecule has 0 saturated carbocycles. The van der Waals surface area contributed by atoms with Crippen molar-refractivity contribution in [2.75, 3.05) is 19.6 Å². The zero-order valence-electron chi connectivity index (χ0n) is 13.6. The molecule has 0 spiro atoms. The van der Waals surface area contributed by atoms with E-state index in [9.17, 15) is 0 Å². The van der Waals surface area contributed by atoms with Crippen LogP contribution in [0.1, 0.15) is 51.3 Å². The van der Waals surface area contributed by atoms with Crippen molar-refractivity contribution in [3.63, 3.8) is 0 Å². The van der Waals surface area contributed by atoms with Gasteiger partial charge in [0.1, 0.15) is 0 Å². The summed E-state index contributed by atoms with van der Waals surface area (Å²) in [6.45, 7) is 10.6. The molecule has 4 heteroatoms. The number of rotatable bonds is 7. The minimum absolute atomic E-state index is 0.187. The Morgan fingerprint density at radius 3 is 2.57 bits per heavy atom. The summed E-state index contributed by atoms with van der Waals surface area (Å²) in [5.74, 6) is 0. The molecule has 1 saturated heterocycles. The predicted octanol–water partition coefficient (Wildman–Crippen LogP) is 4.58. The van der Waals surface area contributed by atoms with Crippen LogP contribution in [0.4, 0.5) is 0 Å². The lowest BCUT2D eigenvalue weighted by Gasteiger charge is -2.46. The van der Waals surface area contributed by atoms with Gasteiger partial charge in [0.2, 0.25) is 0 Å². The zero-order chi connectivity index (χ0) is 15.3. The molecule has 0 aromatic carbocycles. The monoisotopic (exact) mass is 328 g/mol. The topological polar surface area (TPSA) is 15.3 Å². The molecule has 1 fully saturated rings. The smallest absolute Gasteiger partial charge is 0.0931 e. The van der Waals surface area contributed by atoms with Crippen LogP contribution >= 0.6 is 22.9 Å². The Morgan fingerprint density at radius 2 is 2.00 bits per heavy atom. The van der Waals surface area contributed by atoms with E-state index in [-0.39, 0.29) is 5.54 Å². The van der Waals surface area contributed by atoms with Gasteiger partial charge in [0.15, 0.2) is 0 Å². The van der Waals surface area contributed by atoms with Crippen LogP contribution in [0, 0.1) is 0 Å². The number of nitrogens with one attached hydrogen (secondary N) is 1. The molecule has 0 bridgehead atoms. The summed E-state index contributed by atoms with van der Waals surface area (Å²) in [4.78, 5) is 4.07. The number of piperidine rings is 1. The van der Waals surface area contributed by atoms with Crippen molar-refractivity contribution >= 4 is 22.9 Å². The normalized spacial score (nSPS) is 18.9. The lowest BCUT2D eigenvalue weighted by atomic mass is 9.87.